The van der Waals surface area contributed by atoms with Crippen molar-refractivity contribution in [2.75, 3.05) is 12.4 Å². The van der Waals surface area contributed by atoms with Crippen LogP contribution in [0.15, 0.2) is 58.5 Å². The summed E-state index contributed by atoms with van der Waals surface area (Å²) in [6, 6.07) is 6.91. The maximum absolute atomic E-state index is 11.7. The lowest BCUT2D eigenvalue weighted by atomic mass is 9.81. The van der Waals surface area contributed by atoms with Gasteiger partial charge < -0.3 is 4.74 Å². The van der Waals surface area contributed by atoms with Crippen LogP contribution < -0.4 is 0 Å². The highest BCUT2D eigenvalue weighted by Crippen LogP contribution is 2.41. The Bertz CT molecular complexity index is 753. The maximum Gasteiger partial charge on any atom is 0.337 e. The van der Waals surface area contributed by atoms with E-state index >= 15 is 0 Å². The molecule has 1 aromatic carbocycles. The lowest BCUT2D eigenvalue weighted by molar-refractivity contribution is -0.138. The van der Waals surface area contributed by atoms with Gasteiger partial charge >= 0.3 is 5.97 Å². The molecule has 0 fully saturated rings. The fourth-order valence-electron chi connectivity index (χ4n) is 3.24. The zero-order valence-electron chi connectivity index (χ0n) is 15.3. The molecule has 1 aliphatic carbocycles. The van der Waals surface area contributed by atoms with Crippen molar-refractivity contribution in [3.8, 4) is 0 Å². The molecule has 0 unspecified atom stereocenters. The number of rotatable bonds is 4. The number of hydrogen-bond acceptors (Lipinski definition) is 3. The van der Waals surface area contributed by atoms with Crippen LogP contribution in [-0.2, 0) is 21.4 Å². The molecule has 0 bridgehead atoms. The molecule has 0 N–H and O–H groups in total. The Balaban J connectivity index is 1.68. The Morgan fingerprint density at radius 2 is 2.16 bits per heavy atom. The Kier molecular flexibility index (Phi) is 5.53. The number of ether oxygens (including phenoxy) is 1. The third-order valence-electron chi connectivity index (χ3n) is 4.90. The molecule has 0 aromatic heterocycles. The predicted molar refractivity (Wildman–Crippen MR) is 105 cm³/mol. The second-order valence-electron chi connectivity index (χ2n) is 7.21. The molecular weight excluding hydrogens is 328 g/mol. The van der Waals surface area contributed by atoms with Gasteiger partial charge in [-0.2, -0.15) is 0 Å². The fraction of sp³-hybridized carbons (Fsp3) is 0.409. The van der Waals surface area contributed by atoms with E-state index in [2.05, 4.69) is 38.1 Å². The molecule has 2 aliphatic rings. The third-order valence-corrected chi connectivity index (χ3v) is 5.98. The second kappa shape index (κ2) is 7.65. The minimum Gasteiger partial charge on any atom is -0.462 e. The van der Waals surface area contributed by atoms with Crippen molar-refractivity contribution in [1.82, 2.24) is 0 Å². The van der Waals surface area contributed by atoms with Gasteiger partial charge in [-0.25, -0.2) is 4.79 Å². The largest absolute Gasteiger partial charge is 0.462 e. The van der Waals surface area contributed by atoms with Crippen LogP contribution in [0.1, 0.15) is 44.7 Å². The van der Waals surface area contributed by atoms with Crippen molar-refractivity contribution in [2.45, 2.75) is 50.3 Å². The number of carbonyl (C=O) groups excluding carboxylic acids is 1. The van der Waals surface area contributed by atoms with Crippen LogP contribution >= 0.6 is 11.8 Å². The van der Waals surface area contributed by atoms with Crippen LogP contribution in [0.25, 0.3) is 0 Å². The number of thioether (sulfide) groups is 1. The molecule has 0 radical (unpaired) electrons. The van der Waals surface area contributed by atoms with Crippen molar-refractivity contribution >= 4 is 17.7 Å². The van der Waals surface area contributed by atoms with Gasteiger partial charge in [0.15, 0.2) is 0 Å². The summed E-state index contributed by atoms with van der Waals surface area (Å²) in [5.74, 6) is 0.982. The standard InChI is InChI=1S/C22H26O2S/c1-4-24-21(23)18-10-7-16(8-11-18)5-6-17-9-12-20-19(15-17)22(2,3)13-14-25-20/h5,7,9-12,15H,4,6,8,13-14H2,1-3H3. The lowest BCUT2D eigenvalue weighted by Crippen LogP contribution is -2.22. The Labute approximate surface area is 155 Å². The molecular formula is C22H26O2S. The normalized spacial score (nSPS) is 20.1. The molecule has 25 heavy (non-hydrogen) atoms. The lowest BCUT2D eigenvalue weighted by Gasteiger charge is -2.32. The Hall–Kier alpha value is -1.74. The van der Waals surface area contributed by atoms with Gasteiger partial charge in [0.1, 0.15) is 0 Å². The first-order valence-corrected chi connectivity index (χ1v) is 9.99. The number of carbonyl (C=O) groups is 1. The Morgan fingerprint density at radius 1 is 1.32 bits per heavy atom. The quantitative estimate of drug-likeness (QED) is 0.679. The molecule has 132 valence electrons. The van der Waals surface area contributed by atoms with Gasteiger partial charge in [-0.1, -0.05) is 44.2 Å². The van der Waals surface area contributed by atoms with E-state index in [1.54, 1.807) is 0 Å². The van der Waals surface area contributed by atoms with E-state index in [0.717, 1.165) is 12.8 Å². The molecule has 0 saturated carbocycles. The van der Waals surface area contributed by atoms with Crippen LogP contribution in [0.4, 0.5) is 0 Å². The SMILES string of the molecule is CCOC(=O)C1=CCC(=CCc2ccc3c(c2)C(C)(C)CCS3)C=C1. The first kappa shape index (κ1) is 18.1. The minimum absolute atomic E-state index is 0.229. The van der Waals surface area contributed by atoms with Gasteiger partial charge in [0.2, 0.25) is 0 Å². The average molecular weight is 355 g/mol. The topological polar surface area (TPSA) is 26.3 Å². The van der Waals surface area contributed by atoms with E-state index in [0.29, 0.717) is 12.2 Å². The number of esters is 1. The van der Waals surface area contributed by atoms with Crippen LogP contribution in [0, 0.1) is 0 Å². The average Bonchev–Trinajstić information content (AvgIpc) is 2.61. The summed E-state index contributed by atoms with van der Waals surface area (Å²) in [4.78, 5) is 13.2. The minimum atomic E-state index is -0.229. The molecule has 3 rings (SSSR count). The molecule has 1 heterocycles. The summed E-state index contributed by atoms with van der Waals surface area (Å²) >= 11 is 1.97. The first-order valence-electron chi connectivity index (χ1n) is 9.00. The highest BCUT2D eigenvalue weighted by atomic mass is 32.2. The zero-order valence-corrected chi connectivity index (χ0v) is 16.1. The molecule has 0 spiro atoms. The number of fused-ring (bicyclic) bond motifs is 1. The van der Waals surface area contributed by atoms with E-state index in [4.69, 9.17) is 4.74 Å². The fourth-order valence-corrected chi connectivity index (χ4v) is 4.72. The Morgan fingerprint density at radius 3 is 2.88 bits per heavy atom. The van der Waals surface area contributed by atoms with Gasteiger partial charge in [0.25, 0.3) is 0 Å². The summed E-state index contributed by atoms with van der Waals surface area (Å²) in [7, 11) is 0. The van der Waals surface area contributed by atoms with Crippen LogP contribution in [0.5, 0.6) is 0 Å². The van der Waals surface area contributed by atoms with E-state index in [1.165, 1.54) is 33.8 Å². The third kappa shape index (κ3) is 4.27. The van der Waals surface area contributed by atoms with E-state index in [-0.39, 0.29) is 11.4 Å². The van der Waals surface area contributed by atoms with Gasteiger partial charge in [-0.3, -0.25) is 0 Å². The van der Waals surface area contributed by atoms with Gasteiger partial charge in [-0.15, -0.1) is 11.8 Å². The number of allylic oxidation sites excluding steroid dienone is 4. The number of hydrogen-bond donors (Lipinski definition) is 0. The van der Waals surface area contributed by atoms with Crippen molar-refractivity contribution in [2.24, 2.45) is 0 Å². The van der Waals surface area contributed by atoms with E-state index < -0.39 is 0 Å². The van der Waals surface area contributed by atoms with E-state index in [9.17, 15) is 4.79 Å². The van der Waals surface area contributed by atoms with Gasteiger partial charge in [-0.05, 0) is 66.2 Å². The molecule has 1 aliphatic heterocycles. The molecule has 0 amide bonds. The maximum atomic E-state index is 11.7. The van der Waals surface area contributed by atoms with Gasteiger partial charge in [0, 0.05) is 4.90 Å². The molecule has 0 atom stereocenters. The van der Waals surface area contributed by atoms with E-state index in [1.807, 2.05) is 36.9 Å². The summed E-state index contributed by atoms with van der Waals surface area (Å²) in [6.45, 7) is 6.94. The van der Waals surface area contributed by atoms with Crippen LogP contribution in [0.2, 0.25) is 0 Å². The molecule has 2 nitrogen and oxygen atoms in total. The van der Waals surface area contributed by atoms with Crippen molar-refractivity contribution in [3.05, 3.63) is 64.8 Å². The molecule has 3 heteroatoms. The van der Waals surface area contributed by atoms with Gasteiger partial charge in [0.05, 0.1) is 12.2 Å². The van der Waals surface area contributed by atoms with Crippen molar-refractivity contribution in [1.29, 1.82) is 0 Å². The van der Waals surface area contributed by atoms with Crippen molar-refractivity contribution in [3.63, 3.8) is 0 Å². The van der Waals surface area contributed by atoms with Crippen LogP contribution in [-0.4, -0.2) is 18.3 Å². The molecule has 0 saturated heterocycles. The monoisotopic (exact) mass is 354 g/mol. The first-order chi connectivity index (χ1) is 12.0. The summed E-state index contributed by atoms with van der Waals surface area (Å²) in [5.41, 5.74) is 5.02. The summed E-state index contributed by atoms with van der Waals surface area (Å²) < 4.78 is 5.04. The summed E-state index contributed by atoms with van der Waals surface area (Å²) in [6.07, 6.45) is 11.1. The van der Waals surface area contributed by atoms with Crippen molar-refractivity contribution < 1.29 is 9.53 Å². The second-order valence-corrected chi connectivity index (χ2v) is 8.35. The zero-order chi connectivity index (χ0) is 17.9. The van der Waals surface area contributed by atoms with Crippen LogP contribution in [0.3, 0.4) is 0 Å². The smallest absolute Gasteiger partial charge is 0.337 e. The highest BCUT2D eigenvalue weighted by Gasteiger charge is 2.27. The predicted octanol–water partition coefficient (Wildman–Crippen LogP) is 5.38. The highest BCUT2D eigenvalue weighted by molar-refractivity contribution is 7.99. The molecule has 1 aromatic rings. The number of benzene rings is 1. The summed E-state index contributed by atoms with van der Waals surface area (Å²) in [5, 5.41) is 0.